The van der Waals surface area contributed by atoms with Crippen molar-refractivity contribution in [2.75, 3.05) is 49.1 Å². The summed E-state index contributed by atoms with van der Waals surface area (Å²) in [4.78, 5) is 0. The number of methoxy groups -OCH3 is 5. The van der Waals surface area contributed by atoms with Crippen molar-refractivity contribution in [2.24, 2.45) is 0 Å². The Morgan fingerprint density at radius 3 is 1.75 bits per heavy atom. The summed E-state index contributed by atoms with van der Waals surface area (Å²) in [6.45, 7) is 0.120. The van der Waals surface area contributed by atoms with Gasteiger partial charge in [-0.05, 0) is 0 Å². The monoisotopic (exact) mass is 288 g/mol. The van der Waals surface area contributed by atoms with Crippen LogP contribution in [-0.2, 0) is 9.47 Å². The average molecular weight is 288 g/mol. The van der Waals surface area contributed by atoms with Gasteiger partial charge in [-0.15, -0.1) is 0 Å². The van der Waals surface area contributed by atoms with E-state index in [2.05, 4.69) is 0 Å². The molecule has 1 aromatic carbocycles. The van der Waals surface area contributed by atoms with Gasteiger partial charge in [-0.25, -0.2) is 0 Å². The number of rotatable bonds is 9. The summed E-state index contributed by atoms with van der Waals surface area (Å²) in [7, 11) is 7.56. The van der Waals surface area contributed by atoms with Crippen LogP contribution in [0.25, 0.3) is 0 Å². The predicted molar refractivity (Wildman–Crippen MR) is 71.1 cm³/mol. The smallest absolute Gasteiger partial charge is 0.211 e. The highest BCUT2D eigenvalue weighted by Crippen LogP contribution is 2.50. The van der Waals surface area contributed by atoms with E-state index in [0.717, 1.165) is 0 Å². The summed E-state index contributed by atoms with van der Waals surface area (Å²) in [6, 6.07) is 1.63. The summed E-state index contributed by atoms with van der Waals surface area (Å²) in [5.74, 6) is 1.98. The molecule has 0 N–H and O–H groups in total. The highest BCUT2D eigenvalue weighted by Gasteiger charge is 2.23. The standard InChI is InChI=1S/C13H20O7/c1-14-7-19-10-6-9(16-3)12(20-8-15-2)13(18-5)11(10)17-4/h6H,7-8H2,1-5H3. The van der Waals surface area contributed by atoms with E-state index in [1.807, 2.05) is 0 Å². The first-order valence-corrected chi connectivity index (χ1v) is 5.79. The number of hydrogen-bond acceptors (Lipinski definition) is 7. The van der Waals surface area contributed by atoms with Gasteiger partial charge in [0.1, 0.15) is 0 Å². The number of ether oxygens (including phenoxy) is 7. The van der Waals surface area contributed by atoms with Crippen molar-refractivity contribution in [2.45, 2.75) is 0 Å². The first-order chi connectivity index (χ1) is 9.73. The second-order valence-electron chi connectivity index (χ2n) is 3.57. The summed E-state index contributed by atoms with van der Waals surface area (Å²) >= 11 is 0. The van der Waals surface area contributed by atoms with Gasteiger partial charge in [-0.1, -0.05) is 0 Å². The summed E-state index contributed by atoms with van der Waals surface area (Å²) in [6.07, 6.45) is 0. The largest absolute Gasteiger partial charge is 0.493 e. The minimum atomic E-state index is 0.0498. The maximum absolute atomic E-state index is 5.46. The van der Waals surface area contributed by atoms with Gasteiger partial charge in [0, 0.05) is 20.3 Å². The molecule has 0 radical (unpaired) electrons. The average Bonchev–Trinajstić information content (AvgIpc) is 2.49. The third-order valence-corrected chi connectivity index (χ3v) is 2.40. The van der Waals surface area contributed by atoms with E-state index in [1.54, 1.807) is 6.07 Å². The molecule has 0 saturated heterocycles. The van der Waals surface area contributed by atoms with Gasteiger partial charge in [-0.2, -0.15) is 0 Å². The fourth-order valence-corrected chi connectivity index (χ4v) is 1.59. The molecule has 0 unspecified atom stereocenters. The van der Waals surface area contributed by atoms with Crippen LogP contribution in [0.5, 0.6) is 28.7 Å². The minimum absolute atomic E-state index is 0.0498. The highest BCUT2D eigenvalue weighted by molar-refractivity contribution is 5.65. The third-order valence-electron chi connectivity index (χ3n) is 2.40. The van der Waals surface area contributed by atoms with Crippen LogP contribution >= 0.6 is 0 Å². The van der Waals surface area contributed by atoms with Crippen molar-refractivity contribution in [3.8, 4) is 28.7 Å². The topological polar surface area (TPSA) is 64.6 Å². The molecular weight excluding hydrogens is 268 g/mol. The Morgan fingerprint density at radius 1 is 0.650 bits per heavy atom. The molecule has 0 aliphatic carbocycles. The number of hydrogen-bond donors (Lipinski definition) is 0. The molecule has 0 bridgehead atoms. The predicted octanol–water partition coefficient (Wildman–Crippen LogP) is 1.68. The molecule has 0 aliphatic rings. The molecular formula is C13H20O7. The fraction of sp³-hybridized carbons (Fsp3) is 0.538. The molecule has 7 nitrogen and oxygen atoms in total. The van der Waals surface area contributed by atoms with Gasteiger partial charge in [0.25, 0.3) is 0 Å². The Hall–Kier alpha value is -1.86. The molecule has 0 heterocycles. The van der Waals surface area contributed by atoms with E-state index in [4.69, 9.17) is 33.2 Å². The summed E-state index contributed by atoms with van der Waals surface area (Å²) in [5, 5.41) is 0. The van der Waals surface area contributed by atoms with Crippen molar-refractivity contribution in [3.05, 3.63) is 6.07 Å². The van der Waals surface area contributed by atoms with Crippen LogP contribution in [0.1, 0.15) is 0 Å². The lowest BCUT2D eigenvalue weighted by atomic mass is 10.2. The van der Waals surface area contributed by atoms with Crippen molar-refractivity contribution in [1.82, 2.24) is 0 Å². The summed E-state index contributed by atoms with van der Waals surface area (Å²) < 4.78 is 36.5. The minimum Gasteiger partial charge on any atom is -0.493 e. The van der Waals surface area contributed by atoms with E-state index in [9.17, 15) is 0 Å². The first-order valence-electron chi connectivity index (χ1n) is 5.79. The van der Waals surface area contributed by atoms with Crippen molar-refractivity contribution >= 4 is 0 Å². The van der Waals surface area contributed by atoms with Gasteiger partial charge in [0.15, 0.2) is 25.1 Å². The zero-order chi connectivity index (χ0) is 15.0. The lowest BCUT2D eigenvalue weighted by molar-refractivity contribution is 0.0431. The molecule has 114 valence electrons. The fourth-order valence-electron chi connectivity index (χ4n) is 1.59. The Labute approximate surface area is 118 Å². The molecule has 0 aliphatic heterocycles. The summed E-state index contributed by atoms with van der Waals surface area (Å²) in [5.41, 5.74) is 0. The third kappa shape index (κ3) is 3.58. The second kappa shape index (κ2) is 8.34. The SMILES string of the molecule is COCOc1cc(OC)c(OCOC)c(OC)c1OC. The molecule has 0 atom stereocenters. The second-order valence-corrected chi connectivity index (χ2v) is 3.57. The van der Waals surface area contributed by atoms with Gasteiger partial charge in [0.05, 0.1) is 21.3 Å². The van der Waals surface area contributed by atoms with Gasteiger partial charge < -0.3 is 33.2 Å². The highest BCUT2D eigenvalue weighted by atomic mass is 16.7. The van der Waals surface area contributed by atoms with Crippen LogP contribution in [0.2, 0.25) is 0 Å². The maximum Gasteiger partial charge on any atom is 0.211 e. The molecule has 1 rings (SSSR count). The van der Waals surface area contributed by atoms with E-state index >= 15 is 0 Å². The van der Waals surface area contributed by atoms with Gasteiger partial charge >= 0.3 is 0 Å². The lowest BCUT2D eigenvalue weighted by Gasteiger charge is -2.19. The van der Waals surface area contributed by atoms with Gasteiger partial charge in [0.2, 0.25) is 17.2 Å². The Kier molecular flexibility index (Phi) is 6.75. The normalized spacial score (nSPS) is 10.1. The van der Waals surface area contributed by atoms with Crippen molar-refractivity contribution < 1.29 is 33.2 Å². The maximum atomic E-state index is 5.46. The number of benzene rings is 1. The Balaban J connectivity index is 3.28. The van der Waals surface area contributed by atoms with Crippen LogP contribution < -0.4 is 23.7 Å². The Morgan fingerprint density at radius 2 is 1.25 bits per heavy atom. The molecule has 0 saturated carbocycles. The zero-order valence-corrected chi connectivity index (χ0v) is 12.3. The van der Waals surface area contributed by atoms with Crippen LogP contribution in [-0.4, -0.2) is 49.1 Å². The molecule has 0 spiro atoms. The van der Waals surface area contributed by atoms with E-state index < -0.39 is 0 Å². The van der Waals surface area contributed by atoms with E-state index in [1.165, 1.54) is 35.5 Å². The lowest BCUT2D eigenvalue weighted by Crippen LogP contribution is -2.06. The molecule has 0 amide bonds. The zero-order valence-electron chi connectivity index (χ0n) is 12.3. The van der Waals surface area contributed by atoms with Crippen LogP contribution in [0.15, 0.2) is 6.07 Å². The van der Waals surface area contributed by atoms with E-state index in [-0.39, 0.29) is 13.6 Å². The van der Waals surface area contributed by atoms with Crippen LogP contribution in [0, 0.1) is 0 Å². The molecule has 0 fully saturated rings. The molecule has 7 heteroatoms. The van der Waals surface area contributed by atoms with Crippen LogP contribution in [0.4, 0.5) is 0 Å². The van der Waals surface area contributed by atoms with Gasteiger partial charge in [-0.3, -0.25) is 0 Å². The quantitative estimate of drug-likeness (QED) is 0.640. The molecule has 0 aromatic heterocycles. The van der Waals surface area contributed by atoms with Crippen molar-refractivity contribution in [1.29, 1.82) is 0 Å². The van der Waals surface area contributed by atoms with Crippen molar-refractivity contribution in [3.63, 3.8) is 0 Å². The molecule has 20 heavy (non-hydrogen) atoms. The first kappa shape index (κ1) is 16.2. The van der Waals surface area contributed by atoms with E-state index in [0.29, 0.717) is 28.7 Å². The van der Waals surface area contributed by atoms with Crippen LogP contribution in [0.3, 0.4) is 0 Å². The molecule has 1 aromatic rings. The Bertz CT molecular complexity index is 420.